The van der Waals surface area contributed by atoms with Gasteiger partial charge >= 0.3 is 5.97 Å². The van der Waals surface area contributed by atoms with Crippen LogP contribution < -0.4 is 0 Å². The standard InChI is InChI=1S/C28H37NO2/c1-22(2)9-6-10-23(3)11-7-12-24(4)13-8-14-25(5)19-20-31-28(30)27-17-15-26(21-29)16-18-27/h9,11,13,15-19H,6-8,10,12,14,20H2,1-5H3/b23-11+,24-13?,25-19+. The predicted octanol–water partition coefficient (Wildman–Crippen LogP) is 7.86. The second-order valence-corrected chi connectivity index (χ2v) is 8.34. The summed E-state index contributed by atoms with van der Waals surface area (Å²) in [6.07, 6.45) is 15.4. The molecule has 31 heavy (non-hydrogen) atoms. The lowest BCUT2D eigenvalue weighted by atomic mass is 10.0. The van der Waals surface area contributed by atoms with Gasteiger partial charge in [-0.25, -0.2) is 4.79 Å². The SMILES string of the molecule is CC(C)=CCC/C(C)=C/CCC(C)=CCC/C(C)=C/COC(=O)c1ccc(C#N)cc1. The number of allylic oxidation sites excluding steroid dienone is 7. The van der Waals surface area contributed by atoms with Gasteiger partial charge in [-0.2, -0.15) is 5.26 Å². The third-order valence-electron chi connectivity index (χ3n) is 5.05. The van der Waals surface area contributed by atoms with Crippen LogP contribution in [0.25, 0.3) is 0 Å². The van der Waals surface area contributed by atoms with Gasteiger partial charge in [0.15, 0.2) is 0 Å². The van der Waals surface area contributed by atoms with E-state index in [2.05, 4.69) is 52.8 Å². The van der Waals surface area contributed by atoms with Gasteiger partial charge in [0, 0.05) is 0 Å². The van der Waals surface area contributed by atoms with Crippen LogP contribution in [-0.2, 0) is 4.74 Å². The molecule has 1 aromatic rings. The lowest BCUT2D eigenvalue weighted by molar-refractivity contribution is 0.0549. The van der Waals surface area contributed by atoms with Gasteiger partial charge in [-0.1, -0.05) is 40.5 Å². The number of nitriles is 1. The summed E-state index contributed by atoms with van der Waals surface area (Å²) in [5, 5.41) is 8.80. The summed E-state index contributed by atoms with van der Waals surface area (Å²) in [5.74, 6) is -0.367. The number of carbonyl (C=O) groups excluding carboxylic acids is 1. The molecule has 0 unspecified atom stereocenters. The Morgan fingerprint density at radius 2 is 1.29 bits per heavy atom. The van der Waals surface area contributed by atoms with Crippen LogP contribution in [0, 0.1) is 11.3 Å². The van der Waals surface area contributed by atoms with Crippen molar-refractivity contribution in [1.82, 2.24) is 0 Å². The molecule has 0 bridgehead atoms. The van der Waals surface area contributed by atoms with Crippen LogP contribution >= 0.6 is 0 Å². The quantitative estimate of drug-likeness (QED) is 0.256. The normalized spacial score (nSPS) is 12.3. The van der Waals surface area contributed by atoms with Crippen LogP contribution in [0.15, 0.2) is 70.9 Å². The van der Waals surface area contributed by atoms with Gasteiger partial charge in [-0.3, -0.25) is 0 Å². The highest BCUT2D eigenvalue weighted by atomic mass is 16.5. The highest BCUT2D eigenvalue weighted by Crippen LogP contribution is 2.13. The smallest absolute Gasteiger partial charge is 0.338 e. The summed E-state index contributed by atoms with van der Waals surface area (Å²) in [5.41, 5.74) is 6.49. The summed E-state index contributed by atoms with van der Waals surface area (Å²) in [7, 11) is 0. The monoisotopic (exact) mass is 419 g/mol. The average Bonchev–Trinajstić information content (AvgIpc) is 2.73. The van der Waals surface area contributed by atoms with E-state index in [1.54, 1.807) is 24.3 Å². The molecule has 1 aromatic carbocycles. The largest absolute Gasteiger partial charge is 0.458 e. The van der Waals surface area contributed by atoms with E-state index < -0.39 is 0 Å². The van der Waals surface area contributed by atoms with Crippen molar-refractivity contribution in [2.75, 3.05) is 6.61 Å². The molecule has 166 valence electrons. The molecule has 0 saturated carbocycles. The van der Waals surface area contributed by atoms with Crippen molar-refractivity contribution in [2.24, 2.45) is 0 Å². The Bertz CT molecular complexity index is 857. The van der Waals surface area contributed by atoms with Crippen molar-refractivity contribution in [3.05, 3.63) is 82.0 Å². The van der Waals surface area contributed by atoms with Gasteiger partial charge in [-0.05, 0) is 103 Å². The van der Waals surface area contributed by atoms with Crippen LogP contribution in [0.3, 0.4) is 0 Å². The Balaban J connectivity index is 2.29. The molecule has 0 fully saturated rings. The minimum atomic E-state index is -0.367. The molecular weight excluding hydrogens is 382 g/mol. The Kier molecular flexibility index (Phi) is 12.7. The van der Waals surface area contributed by atoms with E-state index in [1.165, 1.54) is 22.3 Å². The summed E-state index contributed by atoms with van der Waals surface area (Å²) in [6.45, 7) is 11.1. The van der Waals surface area contributed by atoms with Crippen molar-refractivity contribution in [3.63, 3.8) is 0 Å². The van der Waals surface area contributed by atoms with Gasteiger partial charge in [-0.15, -0.1) is 0 Å². The molecule has 0 heterocycles. The fourth-order valence-electron chi connectivity index (χ4n) is 3.01. The van der Waals surface area contributed by atoms with Gasteiger partial charge < -0.3 is 4.74 Å². The summed E-state index contributed by atoms with van der Waals surface area (Å²) < 4.78 is 5.29. The number of ether oxygens (including phenoxy) is 1. The first-order valence-corrected chi connectivity index (χ1v) is 11.1. The van der Waals surface area contributed by atoms with E-state index in [0.717, 1.165) is 38.5 Å². The molecule has 3 heteroatoms. The summed E-state index contributed by atoms with van der Waals surface area (Å²) in [4.78, 5) is 12.0. The zero-order valence-corrected chi connectivity index (χ0v) is 19.8. The number of hydrogen-bond acceptors (Lipinski definition) is 3. The average molecular weight is 420 g/mol. The molecule has 0 amide bonds. The second kappa shape index (κ2) is 15.0. The zero-order chi connectivity index (χ0) is 23.1. The summed E-state index contributed by atoms with van der Waals surface area (Å²) >= 11 is 0. The molecule has 0 N–H and O–H groups in total. The van der Waals surface area contributed by atoms with Crippen molar-refractivity contribution in [2.45, 2.75) is 73.1 Å². The molecule has 0 saturated heterocycles. The third kappa shape index (κ3) is 12.4. The van der Waals surface area contributed by atoms with Crippen LogP contribution in [-0.4, -0.2) is 12.6 Å². The molecule has 1 rings (SSSR count). The lowest BCUT2D eigenvalue weighted by Crippen LogP contribution is -2.05. The van der Waals surface area contributed by atoms with Crippen molar-refractivity contribution < 1.29 is 9.53 Å². The molecule has 0 aliphatic carbocycles. The predicted molar refractivity (Wildman–Crippen MR) is 130 cm³/mol. The van der Waals surface area contributed by atoms with Gasteiger partial charge in [0.1, 0.15) is 6.61 Å². The van der Waals surface area contributed by atoms with E-state index in [-0.39, 0.29) is 12.6 Å². The first-order valence-electron chi connectivity index (χ1n) is 11.1. The van der Waals surface area contributed by atoms with E-state index >= 15 is 0 Å². The Morgan fingerprint density at radius 1 is 0.806 bits per heavy atom. The minimum Gasteiger partial charge on any atom is -0.458 e. The fourth-order valence-corrected chi connectivity index (χ4v) is 3.01. The number of hydrogen-bond donors (Lipinski definition) is 0. The van der Waals surface area contributed by atoms with Gasteiger partial charge in [0.2, 0.25) is 0 Å². The minimum absolute atomic E-state index is 0.268. The van der Waals surface area contributed by atoms with Crippen LogP contribution in [0.2, 0.25) is 0 Å². The van der Waals surface area contributed by atoms with Crippen molar-refractivity contribution >= 4 is 5.97 Å². The van der Waals surface area contributed by atoms with E-state index in [9.17, 15) is 4.79 Å². The number of rotatable bonds is 12. The first-order chi connectivity index (χ1) is 14.8. The molecule has 0 atom stereocenters. The highest BCUT2D eigenvalue weighted by molar-refractivity contribution is 5.89. The first kappa shape index (κ1) is 26.2. The van der Waals surface area contributed by atoms with Crippen LogP contribution in [0.5, 0.6) is 0 Å². The second-order valence-electron chi connectivity index (χ2n) is 8.34. The van der Waals surface area contributed by atoms with Gasteiger partial charge in [0.05, 0.1) is 17.2 Å². The van der Waals surface area contributed by atoms with E-state index in [0.29, 0.717) is 11.1 Å². The summed E-state index contributed by atoms with van der Waals surface area (Å²) in [6, 6.07) is 8.50. The maximum absolute atomic E-state index is 12.0. The number of benzene rings is 1. The number of nitrogens with zero attached hydrogens (tertiary/aromatic N) is 1. The van der Waals surface area contributed by atoms with Crippen LogP contribution in [0.4, 0.5) is 0 Å². The van der Waals surface area contributed by atoms with Crippen molar-refractivity contribution in [3.8, 4) is 6.07 Å². The lowest BCUT2D eigenvalue weighted by Gasteiger charge is -2.04. The number of esters is 1. The maximum Gasteiger partial charge on any atom is 0.338 e. The molecule has 0 radical (unpaired) electrons. The van der Waals surface area contributed by atoms with Crippen LogP contribution in [0.1, 0.15) is 89.1 Å². The Labute approximate surface area is 188 Å². The third-order valence-corrected chi connectivity index (χ3v) is 5.05. The molecule has 0 spiro atoms. The molecule has 0 aliphatic heterocycles. The Morgan fingerprint density at radius 3 is 1.77 bits per heavy atom. The molecule has 3 nitrogen and oxygen atoms in total. The maximum atomic E-state index is 12.0. The number of carbonyl (C=O) groups is 1. The van der Waals surface area contributed by atoms with Gasteiger partial charge in [0.25, 0.3) is 0 Å². The Hall–Kier alpha value is -2.86. The van der Waals surface area contributed by atoms with E-state index in [4.69, 9.17) is 10.00 Å². The highest BCUT2D eigenvalue weighted by Gasteiger charge is 2.05. The fraction of sp³-hybridized carbons (Fsp3) is 0.429. The topological polar surface area (TPSA) is 50.1 Å². The zero-order valence-electron chi connectivity index (χ0n) is 19.8. The van der Waals surface area contributed by atoms with Crippen molar-refractivity contribution in [1.29, 1.82) is 5.26 Å². The van der Waals surface area contributed by atoms with E-state index in [1.807, 2.05) is 12.1 Å². The molecular formula is C28H37NO2. The molecule has 0 aliphatic rings. The molecule has 0 aromatic heterocycles.